The summed E-state index contributed by atoms with van der Waals surface area (Å²) in [5, 5.41) is 14.8. The molecule has 2 amide bonds. The summed E-state index contributed by atoms with van der Waals surface area (Å²) >= 11 is 0. The van der Waals surface area contributed by atoms with Gasteiger partial charge in [-0.2, -0.15) is 0 Å². The van der Waals surface area contributed by atoms with Gasteiger partial charge in [0.2, 0.25) is 0 Å². The van der Waals surface area contributed by atoms with Crippen LogP contribution in [0.25, 0.3) is 0 Å². The zero-order chi connectivity index (χ0) is 14.4. The molecule has 2 aromatic rings. The number of carbonyl (C=O) groups is 1. The molecule has 0 spiro atoms. The second-order valence-electron chi connectivity index (χ2n) is 4.43. The van der Waals surface area contributed by atoms with Gasteiger partial charge in [0.15, 0.2) is 0 Å². The molecule has 0 saturated carbocycles. The number of hydrogen-bond acceptors (Lipinski definition) is 3. The summed E-state index contributed by atoms with van der Waals surface area (Å²) < 4.78 is 0. The number of aromatic nitrogens is 1. The van der Waals surface area contributed by atoms with Gasteiger partial charge in [-0.25, -0.2) is 4.79 Å². The van der Waals surface area contributed by atoms with Gasteiger partial charge in [-0.15, -0.1) is 0 Å². The van der Waals surface area contributed by atoms with Crippen molar-refractivity contribution in [1.82, 2.24) is 10.3 Å². The number of aryl methyl sites for hydroxylation is 1. The minimum Gasteiger partial charge on any atom is -0.394 e. The van der Waals surface area contributed by atoms with Crippen LogP contribution in [0.4, 0.5) is 10.5 Å². The van der Waals surface area contributed by atoms with Gasteiger partial charge in [0.1, 0.15) is 0 Å². The molecule has 5 nitrogen and oxygen atoms in total. The first-order valence-corrected chi connectivity index (χ1v) is 6.35. The van der Waals surface area contributed by atoms with Gasteiger partial charge in [-0.05, 0) is 24.6 Å². The molecule has 0 fully saturated rings. The van der Waals surface area contributed by atoms with E-state index in [-0.39, 0.29) is 12.6 Å². The largest absolute Gasteiger partial charge is 0.394 e. The Balaban J connectivity index is 2.00. The number of amides is 2. The molecule has 1 atom stereocenters. The van der Waals surface area contributed by atoms with Crippen molar-refractivity contribution in [3.05, 3.63) is 59.9 Å². The van der Waals surface area contributed by atoms with Crippen LogP contribution < -0.4 is 10.6 Å². The Labute approximate surface area is 117 Å². The van der Waals surface area contributed by atoms with Crippen molar-refractivity contribution in [2.45, 2.75) is 13.0 Å². The second-order valence-corrected chi connectivity index (χ2v) is 4.43. The molecule has 2 rings (SSSR count). The zero-order valence-electron chi connectivity index (χ0n) is 11.2. The van der Waals surface area contributed by atoms with Crippen molar-refractivity contribution >= 4 is 11.7 Å². The van der Waals surface area contributed by atoms with Crippen LogP contribution in [0.15, 0.2) is 48.7 Å². The number of rotatable bonds is 4. The summed E-state index contributed by atoms with van der Waals surface area (Å²) in [5.41, 5.74) is 2.35. The summed E-state index contributed by atoms with van der Waals surface area (Å²) in [4.78, 5) is 16.0. The van der Waals surface area contributed by atoms with Crippen LogP contribution in [0.3, 0.4) is 0 Å². The average molecular weight is 271 g/mol. The van der Waals surface area contributed by atoms with E-state index in [9.17, 15) is 9.90 Å². The lowest BCUT2D eigenvalue weighted by atomic mass is 10.1. The molecule has 3 N–H and O–H groups in total. The second kappa shape index (κ2) is 6.68. The molecular formula is C15H17N3O2. The van der Waals surface area contributed by atoms with Crippen LogP contribution in [-0.4, -0.2) is 22.7 Å². The Morgan fingerprint density at radius 2 is 2.05 bits per heavy atom. The molecule has 0 aliphatic rings. The van der Waals surface area contributed by atoms with E-state index in [0.717, 1.165) is 11.3 Å². The summed E-state index contributed by atoms with van der Waals surface area (Å²) in [5.74, 6) is 0. The number of carbonyl (C=O) groups excluding carboxylic acids is 1. The van der Waals surface area contributed by atoms with E-state index in [2.05, 4.69) is 15.6 Å². The monoisotopic (exact) mass is 271 g/mol. The predicted molar refractivity (Wildman–Crippen MR) is 77.4 cm³/mol. The van der Waals surface area contributed by atoms with E-state index in [1.807, 2.05) is 37.3 Å². The lowest BCUT2D eigenvalue weighted by molar-refractivity contribution is 0.225. The highest BCUT2D eigenvalue weighted by atomic mass is 16.3. The zero-order valence-corrected chi connectivity index (χ0v) is 11.2. The Morgan fingerprint density at radius 3 is 2.70 bits per heavy atom. The van der Waals surface area contributed by atoms with E-state index in [4.69, 9.17) is 0 Å². The van der Waals surface area contributed by atoms with E-state index >= 15 is 0 Å². The maximum absolute atomic E-state index is 11.9. The van der Waals surface area contributed by atoms with E-state index < -0.39 is 6.04 Å². The molecule has 0 aliphatic heterocycles. The van der Waals surface area contributed by atoms with Gasteiger partial charge < -0.3 is 15.7 Å². The number of benzene rings is 1. The lowest BCUT2D eigenvalue weighted by Crippen LogP contribution is -2.34. The van der Waals surface area contributed by atoms with Gasteiger partial charge in [0, 0.05) is 17.6 Å². The minimum absolute atomic E-state index is 0.160. The smallest absolute Gasteiger partial charge is 0.319 e. The topological polar surface area (TPSA) is 74.2 Å². The minimum atomic E-state index is -0.431. The fraction of sp³-hybridized carbons (Fsp3) is 0.200. The SMILES string of the molecule is Cc1cc(NC(=O)NC(CO)c2ccccc2)ccn1. The molecule has 1 unspecified atom stereocenters. The van der Waals surface area contributed by atoms with Crippen molar-refractivity contribution in [3.8, 4) is 0 Å². The Hall–Kier alpha value is -2.40. The van der Waals surface area contributed by atoms with E-state index in [1.54, 1.807) is 18.3 Å². The van der Waals surface area contributed by atoms with Crippen molar-refractivity contribution in [2.24, 2.45) is 0 Å². The van der Waals surface area contributed by atoms with Crippen molar-refractivity contribution in [2.75, 3.05) is 11.9 Å². The fourth-order valence-electron chi connectivity index (χ4n) is 1.87. The average Bonchev–Trinajstić information content (AvgIpc) is 2.45. The maximum Gasteiger partial charge on any atom is 0.319 e. The molecule has 0 bridgehead atoms. The van der Waals surface area contributed by atoms with Gasteiger partial charge in [-0.1, -0.05) is 30.3 Å². The van der Waals surface area contributed by atoms with Gasteiger partial charge in [0.25, 0.3) is 0 Å². The number of aliphatic hydroxyl groups is 1. The predicted octanol–water partition coefficient (Wildman–Crippen LogP) is 2.25. The third kappa shape index (κ3) is 3.80. The van der Waals surface area contributed by atoms with Crippen LogP contribution >= 0.6 is 0 Å². The standard InChI is InChI=1S/C15H17N3O2/c1-11-9-13(7-8-16-11)17-15(20)18-14(10-19)12-5-3-2-4-6-12/h2-9,14,19H,10H2,1H3,(H2,16,17,18,20). The Bertz CT molecular complexity index is 572. The first-order valence-electron chi connectivity index (χ1n) is 6.35. The highest BCUT2D eigenvalue weighted by Crippen LogP contribution is 2.12. The number of nitrogens with one attached hydrogen (secondary N) is 2. The first-order chi connectivity index (χ1) is 9.69. The summed E-state index contributed by atoms with van der Waals surface area (Å²) in [6, 6.07) is 12.0. The molecule has 5 heteroatoms. The molecule has 104 valence electrons. The molecular weight excluding hydrogens is 254 g/mol. The van der Waals surface area contributed by atoms with Crippen molar-refractivity contribution < 1.29 is 9.90 Å². The van der Waals surface area contributed by atoms with Crippen molar-refractivity contribution in [1.29, 1.82) is 0 Å². The van der Waals surface area contributed by atoms with Gasteiger partial charge >= 0.3 is 6.03 Å². The third-order valence-electron chi connectivity index (χ3n) is 2.84. The normalized spacial score (nSPS) is 11.7. The number of aliphatic hydroxyl groups excluding tert-OH is 1. The van der Waals surface area contributed by atoms with Crippen LogP contribution in [0, 0.1) is 6.92 Å². The van der Waals surface area contributed by atoms with Crippen LogP contribution in [-0.2, 0) is 0 Å². The number of nitrogens with zero attached hydrogens (tertiary/aromatic N) is 1. The van der Waals surface area contributed by atoms with Gasteiger partial charge in [-0.3, -0.25) is 4.98 Å². The lowest BCUT2D eigenvalue weighted by Gasteiger charge is -2.17. The van der Waals surface area contributed by atoms with Crippen molar-refractivity contribution in [3.63, 3.8) is 0 Å². The highest BCUT2D eigenvalue weighted by molar-refractivity contribution is 5.89. The van der Waals surface area contributed by atoms with Crippen LogP contribution in [0.2, 0.25) is 0 Å². The van der Waals surface area contributed by atoms with Gasteiger partial charge in [0.05, 0.1) is 12.6 Å². The molecule has 0 aliphatic carbocycles. The number of anilines is 1. The Morgan fingerprint density at radius 1 is 1.30 bits per heavy atom. The number of urea groups is 1. The molecule has 1 aromatic carbocycles. The third-order valence-corrected chi connectivity index (χ3v) is 2.84. The molecule has 1 heterocycles. The summed E-state index contributed by atoms with van der Waals surface area (Å²) in [6.07, 6.45) is 1.63. The molecule has 0 saturated heterocycles. The fourth-order valence-corrected chi connectivity index (χ4v) is 1.87. The number of hydrogen-bond donors (Lipinski definition) is 3. The molecule has 0 radical (unpaired) electrons. The van der Waals surface area contributed by atoms with Crippen LogP contribution in [0.5, 0.6) is 0 Å². The summed E-state index contributed by atoms with van der Waals surface area (Å²) in [6.45, 7) is 1.69. The van der Waals surface area contributed by atoms with E-state index in [1.165, 1.54) is 0 Å². The van der Waals surface area contributed by atoms with Crippen LogP contribution in [0.1, 0.15) is 17.3 Å². The van der Waals surface area contributed by atoms with E-state index in [0.29, 0.717) is 5.69 Å². The highest BCUT2D eigenvalue weighted by Gasteiger charge is 2.13. The summed E-state index contributed by atoms with van der Waals surface area (Å²) in [7, 11) is 0. The Kier molecular flexibility index (Phi) is 4.68. The first kappa shape index (κ1) is 14.0. The maximum atomic E-state index is 11.9. The molecule has 20 heavy (non-hydrogen) atoms. The number of pyridine rings is 1. The quantitative estimate of drug-likeness (QED) is 0.798. The molecule has 1 aromatic heterocycles.